The molecule has 0 aromatic heterocycles. The van der Waals surface area contributed by atoms with E-state index < -0.39 is 5.60 Å². The second kappa shape index (κ2) is 7.77. The van der Waals surface area contributed by atoms with Crippen LogP contribution in [-0.4, -0.2) is 30.3 Å². The van der Waals surface area contributed by atoms with E-state index in [0.29, 0.717) is 6.04 Å². The minimum absolute atomic E-state index is 0.163. The monoisotopic (exact) mass is 322 g/mol. The highest BCUT2D eigenvalue weighted by Gasteiger charge is 2.27. The fourth-order valence-corrected chi connectivity index (χ4v) is 2.89. The van der Waals surface area contributed by atoms with Crippen molar-refractivity contribution in [3.63, 3.8) is 0 Å². The molecule has 1 aromatic rings. The summed E-state index contributed by atoms with van der Waals surface area (Å²) >= 11 is 0. The summed E-state index contributed by atoms with van der Waals surface area (Å²) in [5, 5.41) is 6.42. The predicted octanol–water partition coefficient (Wildman–Crippen LogP) is 3.40. The lowest BCUT2D eigenvalue weighted by Crippen LogP contribution is -2.39. The Morgan fingerprint density at radius 1 is 1.30 bits per heavy atom. The van der Waals surface area contributed by atoms with Crippen LogP contribution in [0.3, 0.4) is 0 Å². The SMILES string of the molecule is CC(C)(C)OC(=O)NC1CCC(NCCc2cccc(F)c2)C1. The van der Waals surface area contributed by atoms with Gasteiger partial charge in [-0.15, -0.1) is 0 Å². The Morgan fingerprint density at radius 2 is 2.04 bits per heavy atom. The molecule has 0 bridgehead atoms. The lowest BCUT2D eigenvalue weighted by Gasteiger charge is -2.21. The standard InChI is InChI=1S/C18H27FN2O2/c1-18(2,3)23-17(22)21-16-8-7-15(12-16)20-10-9-13-5-4-6-14(19)11-13/h4-6,11,15-16,20H,7-10,12H2,1-3H3,(H,21,22). The van der Waals surface area contributed by atoms with Crippen LogP contribution in [0.1, 0.15) is 45.6 Å². The van der Waals surface area contributed by atoms with Crippen LogP contribution in [0.2, 0.25) is 0 Å². The Bertz CT molecular complexity index is 528. The number of alkyl carbamates (subject to hydrolysis) is 1. The highest BCUT2D eigenvalue weighted by atomic mass is 19.1. The minimum atomic E-state index is -0.467. The molecule has 1 aromatic carbocycles. The maximum atomic E-state index is 13.1. The molecule has 23 heavy (non-hydrogen) atoms. The van der Waals surface area contributed by atoms with E-state index in [9.17, 15) is 9.18 Å². The van der Waals surface area contributed by atoms with Crippen molar-refractivity contribution in [1.82, 2.24) is 10.6 Å². The molecule has 2 atom stereocenters. The molecule has 2 N–H and O–H groups in total. The highest BCUT2D eigenvalue weighted by molar-refractivity contribution is 5.68. The molecule has 5 heteroatoms. The molecule has 2 rings (SSSR count). The van der Waals surface area contributed by atoms with Crippen LogP contribution in [0, 0.1) is 5.82 Å². The molecule has 1 aliphatic rings. The summed E-state index contributed by atoms with van der Waals surface area (Å²) < 4.78 is 18.4. The van der Waals surface area contributed by atoms with Crippen LogP contribution in [0.15, 0.2) is 24.3 Å². The van der Waals surface area contributed by atoms with Gasteiger partial charge in [-0.2, -0.15) is 0 Å². The Labute approximate surface area is 137 Å². The summed E-state index contributed by atoms with van der Waals surface area (Å²) in [5.74, 6) is -0.190. The molecule has 0 saturated heterocycles. The van der Waals surface area contributed by atoms with Crippen molar-refractivity contribution < 1.29 is 13.9 Å². The third-order valence-corrected chi connectivity index (χ3v) is 3.89. The third-order valence-electron chi connectivity index (χ3n) is 3.89. The van der Waals surface area contributed by atoms with Crippen molar-refractivity contribution in [1.29, 1.82) is 0 Å². The summed E-state index contributed by atoms with van der Waals surface area (Å²) in [5.41, 5.74) is 0.532. The van der Waals surface area contributed by atoms with Crippen molar-refractivity contribution in [3.05, 3.63) is 35.6 Å². The second-order valence-electron chi connectivity index (χ2n) is 7.19. The zero-order valence-electron chi connectivity index (χ0n) is 14.2. The summed E-state index contributed by atoms with van der Waals surface area (Å²) in [6.07, 6.45) is 3.35. The Morgan fingerprint density at radius 3 is 2.74 bits per heavy atom. The smallest absolute Gasteiger partial charge is 0.407 e. The number of rotatable bonds is 5. The Kier molecular flexibility index (Phi) is 5.99. The number of carbonyl (C=O) groups is 1. The van der Waals surface area contributed by atoms with Gasteiger partial charge in [0, 0.05) is 12.1 Å². The first-order valence-corrected chi connectivity index (χ1v) is 8.29. The van der Waals surface area contributed by atoms with Gasteiger partial charge < -0.3 is 15.4 Å². The summed E-state index contributed by atoms with van der Waals surface area (Å²) in [7, 11) is 0. The van der Waals surface area contributed by atoms with E-state index in [1.807, 2.05) is 26.8 Å². The van der Waals surface area contributed by atoms with Gasteiger partial charge in [-0.05, 0) is 70.7 Å². The first-order valence-electron chi connectivity index (χ1n) is 8.29. The lowest BCUT2D eigenvalue weighted by atomic mass is 10.1. The number of carbonyl (C=O) groups excluding carboxylic acids is 1. The molecule has 1 amide bonds. The van der Waals surface area contributed by atoms with Gasteiger partial charge in [-0.25, -0.2) is 9.18 Å². The highest BCUT2D eigenvalue weighted by Crippen LogP contribution is 2.20. The van der Waals surface area contributed by atoms with E-state index in [4.69, 9.17) is 4.74 Å². The van der Waals surface area contributed by atoms with Crippen LogP contribution in [-0.2, 0) is 11.2 Å². The van der Waals surface area contributed by atoms with Gasteiger partial charge in [0.2, 0.25) is 0 Å². The topological polar surface area (TPSA) is 50.4 Å². The van der Waals surface area contributed by atoms with E-state index in [0.717, 1.165) is 37.8 Å². The molecule has 0 spiro atoms. The number of ether oxygens (including phenoxy) is 1. The number of hydrogen-bond acceptors (Lipinski definition) is 3. The van der Waals surface area contributed by atoms with Crippen molar-refractivity contribution in [2.45, 2.75) is 64.1 Å². The van der Waals surface area contributed by atoms with Gasteiger partial charge in [0.25, 0.3) is 0 Å². The fraction of sp³-hybridized carbons (Fsp3) is 0.611. The fourth-order valence-electron chi connectivity index (χ4n) is 2.89. The van der Waals surface area contributed by atoms with Crippen molar-refractivity contribution in [2.24, 2.45) is 0 Å². The summed E-state index contributed by atoms with van der Waals surface area (Å²) in [4.78, 5) is 11.8. The maximum Gasteiger partial charge on any atom is 0.407 e. The van der Waals surface area contributed by atoms with Gasteiger partial charge >= 0.3 is 6.09 Å². The van der Waals surface area contributed by atoms with Crippen molar-refractivity contribution >= 4 is 6.09 Å². The van der Waals surface area contributed by atoms with E-state index >= 15 is 0 Å². The maximum absolute atomic E-state index is 13.1. The van der Waals surface area contributed by atoms with Crippen LogP contribution in [0.5, 0.6) is 0 Å². The zero-order chi connectivity index (χ0) is 16.9. The number of halogens is 1. The normalized spacial score (nSPS) is 21.2. The molecule has 2 unspecified atom stereocenters. The van der Waals surface area contributed by atoms with Gasteiger partial charge in [0.05, 0.1) is 0 Å². The first kappa shape index (κ1) is 17.7. The average Bonchev–Trinajstić information content (AvgIpc) is 2.84. The lowest BCUT2D eigenvalue weighted by molar-refractivity contribution is 0.0505. The van der Waals surface area contributed by atoms with E-state index in [-0.39, 0.29) is 18.0 Å². The molecular weight excluding hydrogens is 295 g/mol. The van der Waals surface area contributed by atoms with Gasteiger partial charge in [0.15, 0.2) is 0 Å². The minimum Gasteiger partial charge on any atom is -0.444 e. The molecule has 0 aliphatic heterocycles. The molecule has 1 saturated carbocycles. The molecule has 1 fully saturated rings. The molecule has 128 valence electrons. The van der Waals surface area contributed by atoms with Crippen molar-refractivity contribution in [3.8, 4) is 0 Å². The third kappa shape index (κ3) is 6.57. The largest absolute Gasteiger partial charge is 0.444 e. The quantitative estimate of drug-likeness (QED) is 0.873. The summed E-state index contributed by atoms with van der Waals surface area (Å²) in [6.45, 7) is 6.39. The van der Waals surface area contributed by atoms with Crippen LogP contribution < -0.4 is 10.6 Å². The van der Waals surface area contributed by atoms with E-state index in [1.54, 1.807) is 12.1 Å². The number of hydrogen-bond donors (Lipinski definition) is 2. The first-order chi connectivity index (χ1) is 10.8. The van der Waals surface area contributed by atoms with Gasteiger partial charge in [-0.3, -0.25) is 0 Å². The Balaban J connectivity index is 1.66. The molecular formula is C18H27FN2O2. The van der Waals surface area contributed by atoms with Gasteiger partial charge in [0.1, 0.15) is 11.4 Å². The van der Waals surface area contributed by atoms with Gasteiger partial charge in [-0.1, -0.05) is 12.1 Å². The van der Waals surface area contributed by atoms with Crippen LogP contribution in [0.4, 0.5) is 9.18 Å². The summed E-state index contributed by atoms with van der Waals surface area (Å²) in [6, 6.07) is 7.26. The molecule has 1 aliphatic carbocycles. The number of amides is 1. The number of benzene rings is 1. The van der Waals surface area contributed by atoms with E-state index in [1.165, 1.54) is 6.07 Å². The number of nitrogens with one attached hydrogen (secondary N) is 2. The average molecular weight is 322 g/mol. The van der Waals surface area contributed by atoms with Crippen LogP contribution in [0.25, 0.3) is 0 Å². The molecule has 0 radical (unpaired) electrons. The van der Waals surface area contributed by atoms with E-state index in [2.05, 4.69) is 10.6 Å². The van der Waals surface area contributed by atoms with Crippen LogP contribution >= 0.6 is 0 Å². The Hall–Kier alpha value is -1.62. The zero-order valence-corrected chi connectivity index (χ0v) is 14.2. The molecule has 4 nitrogen and oxygen atoms in total. The second-order valence-corrected chi connectivity index (χ2v) is 7.19. The molecule has 0 heterocycles. The predicted molar refractivity (Wildman–Crippen MR) is 88.9 cm³/mol. The van der Waals surface area contributed by atoms with Crippen molar-refractivity contribution in [2.75, 3.05) is 6.54 Å².